The Balaban J connectivity index is 1.70. The van der Waals surface area contributed by atoms with Gasteiger partial charge in [-0.05, 0) is 50.9 Å². The molecule has 14 heavy (non-hydrogen) atoms. The lowest BCUT2D eigenvalue weighted by Gasteiger charge is -2.29. The van der Waals surface area contributed by atoms with Gasteiger partial charge in [0.2, 0.25) is 0 Å². The van der Waals surface area contributed by atoms with Gasteiger partial charge in [-0.15, -0.1) is 0 Å². The van der Waals surface area contributed by atoms with Gasteiger partial charge < -0.3 is 10.4 Å². The molecule has 2 heteroatoms. The first-order chi connectivity index (χ1) is 6.74. The summed E-state index contributed by atoms with van der Waals surface area (Å²) < 4.78 is 0. The van der Waals surface area contributed by atoms with E-state index in [1.54, 1.807) is 0 Å². The molecule has 0 bridgehead atoms. The summed E-state index contributed by atoms with van der Waals surface area (Å²) in [7, 11) is 0. The molecule has 2 N–H and O–H groups in total. The Morgan fingerprint density at radius 2 is 1.57 bits per heavy atom. The fourth-order valence-corrected chi connectivity index (χ4v) is 2.93. The SMILES string of the molecule is C[C@@H]1CC[C@H](NC2CCC(O)CC2)C1. The van der Waals surface area contributed by atoms with Gasteiger partial charge in [0.25, 0.3) is 0 Å². The summed E-state index contributed by atoms with van der Waals surface area (Å²) in [6, 6.07) is 1.46. The molecular formula is C12H23NO. The van der Waals surface area contributed by atoms with Gasteiger partial charge in [-0.25, -0.2) is 0 Å². The Morgan fingerprint density at radius 3 is 2.14 bits per heavy atom. The van der Waals surface area contributed by atoms with E-state index in [4.69, 9.17) is 0 Å². The number of aliphatic hydroxyl groups is 1. The number of aliphatic hydroxyl groups excluding tert-OH is 1. The summed E-state index contributed by atoms with van der Waals surface area (Å²) in [5.41, 5.74) is 0. The average molecular weight is 197 g/mol. The minimum atomic E-state index is -0.0180. The van der Waals surface area contributed by atoms with Crippen LogP contribution in [0, 0.1) is 5.92 Å². The van der Waals surface area contributed by atoms with Crippen LogP contribution in [-0.4, -0.2) is 23.3 Å². The third kappa shape index (κ3) is 2.71. The summed E-state index contributed by atoms with van der Waals surface area (Å²) in [5, 5.41) is 13.2. The molecule has 0 radical (unpaired) electrons. The molecule has 2 saturated carbocycles. The molecule has 0 heterocycles. The van der Waals surface area contributed by atoms with Crippen molar-refractivity contribution in [1.29, 1.82) is 0 Å². The quantitative estimate of drug-likeness (QED) is 0.710. The summed E-state index contributed by atoms with van der Waals surface area (Å²) in [5.74, 6) is 0.918. The maximum atomic E-state index is 9.40. The van der Waals surface area contributed by atoms with Crippen LogP contribution < -0.4 is 5.32 Å². The predicted molar refractivity (Wildman–Crippen MR) is 58.2 cm³/mol. The van der Waals surface area contributed by atoms with Gasteiger partial charge in [0, 0.05) is 12.1 Å². The Morgan fingerprint density at radius 1 is 0.929 bits per heavy atom. The first-order valence-electron chi connectivity index (χ1n) is 6.18. The molecule has 2 rings (SSSR count). The second-order valence-corrected chi connectivity index (χ2v) is 5.29. The second kappa shape index (κ2) is 4.63. The van der Waals surface area contributed by atoms with Crippen LogP contribution in [0.4, 0.5) is 0 Å². The van der Waals surface area contributed by atoms with Crippen molar-refractivity contribution >= 4 is 0 Å². The van der Waals surface area contributed by atoms with E-state index in [2.05, 4.69) is 12.2 Å². The molecule has 82 valence electrons. The maximum Gasteiger partial charge on any atom is 0.0541 e. The lowest BCUT2D eigenvalue weighted by molar-refractivity contribution is 0.114. The fourth-order valence-electron chi connectivity index (χ4n) is 2.93. The van der Waals surface area contributed by atoms with Crippen LogP contribution in [0.3, 0.4) is 0 Å². The van der Waals surface area contributed by atoms with Crippen LogP contribution in [0.1, 0.15) is 51.9 Å². The number of rotatable bonds is 2. The highest BCUT2D eigenvalue weighted by Gasteiger charge is 2.25. The van der Waals surface area contributed by atoms with Gasteiger partial charge >= 0.3 is 0 Å². The molecule has 0 amide bonds. The van der Waals surface area contributed by atoms with Crippen LogP contribution >= 0.6 is 0 Å². The summed E-state index contributed by atoms with van der Waals surface area (Å²) in [6.45, 7) is 2.35. The van der Waals surface area contributed by atoms with Crippen LogP contribution in [-0.2, 0) is 0 Å². The normalized spacial score (nSPS) is 44.1. The zero-order valence-corrected chi connectivity index (χ0v) is 9.21. The van der Waals surface area contributed by atoms with Crippen LogP contribution in [0.15, 0.2) is 0 Å². The monoisotopic (exact) mass is 197 g/mol. The van der Waals surface area contributed by atoms with Crippen molar-refractivity contribution < 1.29 is 5.11 Å². The summed E-state index contributed by atoms with van der Waals surface area (Å²) in [6.07, 6.45) is 8.44. The van der Waals surface area contributed by atoms with Gasteiger partial charge in [0.1, 0.15) is 0 Å². The van der Waals surface area contributed by atoms with Gasteiger partial charge in [0.15, 0.2) is 0 Å². The highest BCUT2D eigenvalue weighted by Crippen LogP contribution is 2.27. The van der Waals surface area contributed by atoms with E-state index in [0.717, 1.165) is 24.8 Å². The Labute approximate surface area is 87.1 Å². The minimum absolute atomic E-state index is 0.0180. The lowest BCUT2D eigenvalue weighted by Crippen LogP contribution is -2.40. The van der Waals surface area contributed by atoms with Crippen molar-refractivity contribution in [3.63, 3.8) is 0 Å². The standard InChI is InChI=1S/C12H23NO/c1-9-2-3-11(8-9)13-10-4-6-12(14)7-5-10/h9-14H,2-8H2,1H3/t9-,10?,11+,12?/m1/s1. The molecule has 2 atom stereocenters. The molecular weight excluding hydrogens is 174 g/mol. The zero-order valence-electron chi connectivity index (χ0n) is 9.21. The Hall–Kier alpha value is -0.0800. The molecule has 0 aromatic heterocycles. The Bertz CT molecular complexity index is 175. The first-order valence-corrected chi connectivity index (χ1v) is 6.18. The van der Waals surface area contributed by atoms with E-state index in [9.17, 15) is 5.11 Å². The topological polar surface area (TPSA) is 32.3 Å². The van der Waals surface area contributed by atoms with Crippen molar-refractivity contribution in [3.8, 4) is 0 Å². The molecule has 0 aromatic rings. The second-order valence-electron chi connectivity index (χ2n) is 5.29. The van der Waals surface area contributed by atoms with Gasteiger partial charge in [-0.1, -0.05) is 6.92 Å². The van der Waals surface area contributed by atoms with Gasteiger partial charge in [0.05, 0.1) is 6.10 Å². The first kappa shape index (κ1) is 10.4. The van der Waals surface area contributed by atoms with Crippen molar-refractivity contribution in [2.24, 2.45) is 5.92 Å². The van der Waals surface area contributed by atoms with Crippen LogP contribution in [0.2, 0.25) is 0 Å². The zero-order chi connectivity index (χ0) is 9.97. The number of hydrogen-bond donors (Lipinski definition) is 2. The van der Waals surface area contributed by atoms with Gasteiger partial charge in [-0.3, -0.25) is 0 Å². The molecule has 0 aromatic carbocycles. The number of hydrogen-bond acceptors (Lipinski definition) is 2. The number of nitrogens with one attached hydrogen (secondary N) is 1. The van der Waals surface area contributed by atoms with E-state index < -0.39 is 0 Å². The largest absolute Gasteiger partial charge is 0.393 e. The lowest BCUT2D eigenvalue weighted by atomic mass is 9.92. The maximum absolute atomic E-state index is 9.40. The fraction of sp³-hybridized carbons (Fsp3) is 1.00. The van der Waals surface area contributed by atoms with Crippen molar-refractivity contribution in [3.05, 3.63) is 0 Å². The van der Waals surface area contributed by atoms with Gasteiger partial charge in [-0.2, -0.15) is 0 Å². The third-order valence-electron chi connectivity index (χ3n) is 3.86. The van der Waals surface area contributed by atoms with E-state index >= 15 is 0 Å². The average Bonchev–Trinajstić information content (AvgIpc) is 2.56. The van der Waals surface area contributed by atoms with E-state index in [-0.39, 0.29) is 6.10 Å². The summed E-state index contributed by atoms with van der Waals surface area (Å²) in [4.78, 5) is 0. The molecule has 0 aliphatic heterocycles. The molecule has 2 aliphatic rings. The molecule has 0 unspecified atom stereocenters. The highest BCUT2D eigenvalue weighted by atomic mass is 16.3. The predicted octanol–water partition coefficient (Wildman–Crippen LogP) is 2.07. The van der Waals surface area contributed by atoms with E-state index in [1.807, 2.05) is 0 Å². The third-order valence-corrected chi connectivity index (χ3v) is 3.86. The molecule has 2 aliphatic carbocycles. The Kier molecular flexibility index (Phi) is 3.45. The van der Waals surface area contributed by atoms with Crippen LogP contribution in [0.5, 0.6) is 0 Å². The molecule has 0 saturated heterocycles. The minimum Gasteiger partial charge on any atom is -0.393 e. The molecule has 2 fully saturated rings. The van der Waals surface area contributed by atoms with Crippen LogP contribution in [0.25, 0.3) is 0 Å². The molecule has 2 nitrogen and oxygen atoms in total. The highest BCUT2D eigenvalue weighted by molar-refractivity contribution is 4.84. The smallest absolute Gasteiger partial charge is 0.0541 e. The van der Waals surface area contributed by atoms with Crippen molar-refractivity contribution in [2.45, 2.75) is 70.1 Å². The summed E-state index contributed by atoms with van der Waals surface area (Å²) >= 11 is 0. The van der Waals surface area contributed by atoms with E-state index in [1.165, 1.54) is 32.1 Å². The van der Waals surface area contributed by atoms with Crippen molar-refractivity contribution in [1.82, 2.24) is 5.32 Å². The molecule has 0 spiro atoms. The van der Waals surface area contributed by atoms with Crippen molar-refractivity contribution in [2.75, 3.05) is 0 Å². The van der Waals surface area contributed by atoms with E-state index in [0.29, 0.717) is 6.04 Å².